The van der Waals surface area contributed by atoms with Gasteiger partial charge in [0.1, 0.15) is 0 Å². The average Bonchev–Trinajstić information content (AvgIpc) is 2.23. The van der Waals surface area contributed by atoms with E-state index in [1.807, 2.05) is 6.07 Å². The third-order valence-electron chi connectivity index (χ3n) is 2.89. The lowest BCUT2D eigenvalue weighted by Crippen LogP contribution is -2.13. The summed E-state index contributed by atoms with van der Waals surface area (Å²) in [6, 6.07) is 10.5. The fourth-order valence-corrected chi connectivity index (χ4v) is 1.74. The van der Waals surface area contributed by atoms with E-state index in [4.69, 9.17) is 4.74 Å². The highest BCUT2D eigenvalue weighted by atomic mass is 16.5. The van der Waals surface area contributed by atoms with E-state index in [1.165, 1.54) is 16.7 Å². The van der Waals surface area contributed by atoms with Crippen LogP contribution in [0.25, 0.3) is 0 Å². The van der Waals surface area contributed by atoms with Gasteiger partial charge in [-0.2, -0.15) is 0 Å². The molecule has 0 bridgehead atoms. The van der Waals surface area contributed by atoms with Crippen molar-refractivity contribution in [1.29, 1.82) is 0 Å². The maximum absolute atomic E-state index is 5.79. The second kappa shape index (κ2) is 3.97. The monoisotopic (exact) mass is 188 g/mol. The van der Waals surface area contributed by atoms with Crippen LogP contribution in [0.3, 0.4) is 0 Å². The van der Waals surface area contributed by atoms with Gasteiger partial charge in [-0.05, 0) is 31.4 Å². The Labute approximate surface area is 85.4 Å². The van der Waals surface area contributed by atoms with Crippen LogP contribution in [-0.2, 0) is 4.74 Å². The van der Waals surface area contributed by atoms with Crippen molar-refractivity contribution in [3.63, 3.8) is 0 Å². The number of rotatable bonds is 1. The SMILES string of the molecule is CC1=C(C)C[C@@H](c2ccccc2)OC1. The van der Waals surface area contributed by atoms with E-state index in [0.717, 1.165) is 13.0 Å². The van der Waals surface area contributed by atoms with Crippen LogP contribution in [0, 0.1) is 0 Å². The van der Waals surface area contributed by atoms with Crippen LogP contribution in [0.2, 0.25) is 0 Å². The van der Waals surface area contributed by atoms with E-state index in [0.29, 0.717) is 0 Å². The summed E-state index contributed by atoms with van der Waals surface area (Å²) in [7, 11) is 0. The summed E-state index contributed by atoms with van der Waals surface area (Å²) < 4.78 is 5.79. The van der Waals surface area contributed by atoms with Crippen molar-refractivity contribution >= 4 is 0 Å². The molecule has 74 valence electrons. The molecular formula is C13H16O. The quantitative estimate of drug-likeness (QED) is 0.613. The Balaban J connectivity index is 2.17. The molecule has 1 aromatic carbocycles. The van der Waals surface area contributed by atoms with Crippen LogP contribution in [0.15, 0.2) is 41.5 Å². The molecule has 0 saturated heterocycles. The molecule has 0 fully saturated rings. The van der Waals surface area contributed by atoms with Crippen LogP contribution in [-0.4, -0.2) is 6.61 Å². The lowest BCUT2D eigenvalue weighted by Gasteiger charge is -2.25. The molecule has 1 aliphatic rings. The van der Waals surface area contributed by atoms with Crippen molar-refractivity contribution in [1.82, 2.24) is 0 Å². The van der Waals surface area contributed by atoms with Crippen molar-refractivity contribution in [3.05, 3.63) is 47.0 Å². The van der Waals surface area contributed by atoms with Gasteiger partial charge in [-0.1, -0.05) is 35.9 Å². The van der Waals surface area contributed by atoms with E-state index in [-0.39, 0.29) is 6.10 Å². The van der Waals surface area contributed by atoms with Crippen LogP contribution < -0.4 is 0 Å². The van der Waals surface area contributed by atoms with Crippen molar-refractivity contribution < 1.29 is 4.74 Å². The standard InChI is InChI=1S/C13H16O/c1-10-8-13(14-9-11(10)2)12-6-4-3-5-7-12/h3-7,13H,8-9H2,1-2H3/t13-/m0/s1. The zero-order chi connectivity index (χ0) is 9.97. The Kier molecular flexibility index (Phi) is 2.69. The molecular weight excluding hydrogens is 172 g/mol. The molecule has 1 aliphatic heterocycles. The first-order valence-corrected chi connectivity index (χ1v) is 5.09. The lowest BCUT2D eigenvalue weighted by atomic mass is 9.97. The summed E-state index contributed by atoms with van der Waals surface area (Å²) in [6.07, 6.45) is 1.30. The highest BCUT2D eigenvalue weighted by molar-refractivity contribution is 5.23. The molecule has 0 unspecified atom stereocenters. The van der Waals surface area contributed by atoms with Gasteiger partial charge in [0, 0.05) is 0 Å². The molecule has 0 spiro atoms. The fraction of sp³-hybridized carbons (Fsp3) is 0.385. The largest absolute Gasteiger partial charge is 0.369 e. The molecule has 0 amide bonds. The second-order valence-corrected chi connectivity index (χ2v) is 3.98. The predicted molar refractivity (Wildman–Crippen MR) is 58.1 cm³/mol. The van der Waals surface area contributed by atoms with Crippen LogP contribution in [0.5, 0.6) is 0 Å². The molecule has 0 saturated carbocycles. The Morgan fingerprint density at radius 2 is 1.79 bits per heavy atom. The van der Waals surface area contributed by atoms with Gasteiger partial charge in [0.25, 0.3) is 0 Å². The zero-order valence-electron chi connectivity index (χ0n) is 8.79. The molecule has 0 aliphatic carbocycles. The topological polar surface area (TPSA) is 9.23 Å². The predicted octanol–water partition coefficient (Wildman–Crippen LogP) is 3.48. The minimum Gasteiger partial charge on any atom is -0.369 e. The Morgan fingerprint density at radius 3 is 2.43 bits per heavy atom. The van der Waals surface area contributed by atoms with Crippen molar-refractivity contribution in [2.24, 2.45) is 0 Å². The van der Waals surface area contributed by atoms with Gasteiger partial charge in [-0.3, -0.25) is 0 Å². The summed E-state index contributed by atoms with van der Waals surface area (Å²) in [4.78, 5) is 0. The van der Waals surface area contributed by atoms with Gasteiger partial charge < -0.3 is 4.74 Å². The molecule has 2 rings (SSSR count). The minimum absolute atomic E-state index is 0.264. The molecule has 1 nitrogen and oxygen atoms in total. The van der Waals surface area contributed by atoms with Crippen LogP contribution in [0.1, 0.15) is 31.9 Å². The van der Waals surface area contributed by atoms with Gasteiger partial charge in [0.15, 0.2) is 0 Å². The second-order valence-electron chi connectivity index (χ2n) is 3.98. The maximum Gasteiger partial charge on any atom is 0.0866 e. The zero-order valence-corrected chi connectivity index (χ0v) is 8.79. The van der Waals surface area contributed by atoms with Gasteiger partial charge in [0.2, 0.25) is 0 Å². The van der Waals surface area contributed by atoms with E-state index in [9.17, 15) is 0 Å². The highest BCUT2D eigenvalue weighted by Crippen LogP contribution is 2.30. The van der Waals surface area contributed by atoms with E-state index in [2.05, 4.69) is 38.1 Å². The molecule has 1 heterocycles. The van der Waals surface area contributed by atoms with Crippen molar-refractivity contribution in [3.8, 4) is 0 Å². The third kappa shape index (κ3) is 1.88. The first kappa shape index (κ1) is 9.47. The first-order chi connectivity index (χ1) is 6.77. The molecule has 0 N–H and O–H groups in total. The summed E-state index contributed by atoms with van der Waals surface area (Å²) >= 11 is 0. The minimum atomic E-state index is 0.264. The molecule has 1 aromatic rings. The lowest BCUT2D eigenvalue weighted by molar-refractivity contribution is 0.0578. The highest BCUT2D eigenvalue weighted by Gasteiger charge is 2.18. The van der Waals surface area contributed by atoms with Gasteiger partial charge in [-0.25, -0.2) is 0 Å². The number of hydrogen-bond donors (Lipinski definition) is 0. The molecule has 1 atom stereocenters. The van der Waals surface area contributed by atoms with Crippen molar-refractivity contribution in [2.75, 3.05) is 6.61 Å². The van der Waals surface area contributed by atoms with Gasteiger partial charge >= 0.3 is 0 Å². The molecule has 14 heavy (non-hydrogen) atoms. The summed E-state index contributed by atoms with van der Waals surface area (Å²) in [5, 5.41) is 0. The normalized spacial score (nSPS) is 22.6. The van der Waals surface area contributed by atoms with Gasteiger partial charge in [-0.15, -0.1) is 0 Å². The summed E-state index contributed by atoms with van der Waals surface area (Å²) in [6.45, 7) is 5.13. The van der Waals surface area contributed by atoms with Crippen molar-refractivity contribution in [2.45, 2.75) is 26.4 Å². The Hall–Kier alpha value is -1.08. The smallest absolute Gasteiger partial charge is 0.0866 e. The molecule has 0 radical (unpaired) electrons. The van der Waals surface area contributed by atoms with Crippen LogP contribution >= 0.6 is 0 Å². The van der Waals surface area contributed by atoms with Crippen LogP contribution in [0.4, 0.5) is 0 Å². The Bertz CT molecular complexity index is 338. The fourth-order valence-electron chi connectivity index (χ4n) is 1.74. The van der Waals surface area contributed by atoms with E-state index < -0.39 is 0 Å². The summed E-state index contributed by atoms with van der Waals surface area (Å²) in [5.74, 6) is 0. The number of ether oxygens (including phenoxy) is 1. The third-order valence-corrected chi connectivity index (χ3v) is 2.89. The molecule has 0 aromatic heterocycles. The first-order valence-electron chi connectivity index (χ1n) is 5.09. The Morgan fingerprint density at radius 1 is 1.07 bits per heavy atom. The van der Waals surface area contributed by atoms with Gasteiger partial charge in [0.05, 0.1) is 12.7 Å². The maximum atomic E-state index is 5.79. The number of hydrogen-bond acceptors (Lipinski definition) is 1. The molecule has 1 heteroatoms. The number of benzene rings is 1. The average molecular weight is 188 g/mol. The van der Waals surface area contributed by atoms with E-state index in [1.54, 1.807) is 0 Å². The van der Waals surface area contributed by atoms with E-state index >= 15 is 0 Å². The summed E-state index contributed by atoms with van der Waals surface area (Å²) in [5.41, 5.74) is 4.15.